The molecule has 1 heterocycles. The van der Waals surface area contributed by atoms with Crippen LogP contribution in [0.2, 0.25) is 0 Å². The lowest BCUT2D eigenvalue weighted by Crippen LogP contribution is -2.54. The molecule has 1 aliphatic rings. The molecule has 0 aliphatic carbocycles. The number of hydrogen-bond donors (Lipinski definition) is 2. The molecule has 2 N–H and O–H groups in total. The zero-order valence-corrected chi connectivity index (χ0v) is 9.92. The molecule has 1 rings (SSSR count). The summed E-state index contributed by atoms with van der Waals surface area (Å²) in [7, 11) is 1.82. The maximum Gasteiger partial charge on any atom is 0.239 e. The summed E-state index contributed by atoms with van der Waals surface area (Å²) < 4.78 is 0. The highest BCUT2D eigenvalue weighted by Crippen LogP contribution is 2.19. The predicted octanol–water partition coefficient (Wildman–Crippen LogP) is 0.358. The zero-order chi connectivity index (χ0) is 11.5. The van der Waals surface area contributed by atoms with Gasteiger partial charge in [-0.3, -0.25) is 10.1 Å². The van der Waals surface area contributed by atoms with E-state index in [2.05, 4.69) is 5.32 Å². The predicted molar refractivity (Wildman–Crippen MR) is 59.6 cm³/mol. The Morgan fingerprint density at radius 3 is 2.47 bits per heavy atom. The van der Waals surface area contributed by atoms with Crippen molar-refractivity contribution in [3.63, 3.8) is 0 Å². The molecule has 0 radical (unpaired) electrons. The van der Waals surface area contributed by atoms with Gasteiger partial charge in [0.2, 0.25) is 5.91 Å². The van der Waals surface area contributed by atoms with Crippen molar-refractivity contribution in [2.24, 2.45) is 0 Å². The number of aliphatic hydroxyl groups is 1. The van der Waals surface area contributed by atoms with Gasteiger partial charge in [-0.2, -0.15) is 0 Å². The molecule has 0 aromatic carbocycles. The minimum absolute atomic E-state index is 0.0908. The molecule has 1 atom stereocenters. The largest absolute Gasteiger partial charge is 0.394 e. The van der Waals surface area contributed by atoms with E-state index in [9.17, 15) is 9.90 Å². The first-order chi connectivity index (χ1) is 7.08. The molecule has 15 heavy (non-hydrogen) atoms. The van der Waals surface area contributed by atoms with Crippen molar-refractivity contribution in [2.45, 2.75) is 44.7 Å². The smallest absolute Gasteiger partial charge is 0.239 e. The fourth-order valence-corrected chi connectivity index (χ4v) is 2.05. The highest BCUT2D eigenvalue weighted by atomic mass is 16.3. The highest BCUT2D eigenvalue weighted by Gasteiger charge is 2.35. The van der Waals surface area contributed by atoms with Crippen LogP contribution in [-0.2, 0) is 4.79 Å². The maximum absolute atomic E-state index is 11.7. The number of rotatable bonds is 5. The normalized spacial score (nSPS) is 22.5. The lowest BCUT2D eigenvalue weighted by Gasteiger charge is -2.33. The number of carbonyl (C=O) groups excluding carboxylic acids is 1. The second-order valence-electron chi connectivity index (χ2n) is 4.39. The Morgan fingerprint density at radius 2 is 2.13 bits per heavy atom. The molecule has 88 valence electrons. The van der Waals surface area contributed by atoms with Crippen LogP contribution < -0.4 is 5.32 Å². The van der Waals surface area contributed by atoms with Gasteiger partial charge in [-0.15, -0.1) is 0 Å². The average Bonchev–Trinajstić information content (AvgIpc) is 2.57. The summed E-state index contributed by atoms with van der Waals surface area (Å²) in [5, 5.41) is 12.7. The first kappa shape index (κ1) is 12.5. The Balaban J connectivity index is 2.63. The van der Waals surface area contributed by atoms with E-state index in [0.29, 0.717) is 0 Å². The number of hydrogen-bond acceptors (Lipinski definition) is 3. The number of aliphatic hydroxyl groups excluding tert-OH is 1. The van der Waals surface area contributed by atoms with E-state index in [1.54, 1.807) is 4.90 Å². The number of nitrogens with one attached hydrogen (secondary N) is 1. The standard InChI is InChI=1S/C11H22N2O2/c1-4-11(5-2,8-14)12-9-6-7-13(3)10(9)15/h9,12,14H,4-8H2,1-3H3. The minimum Gasteiger partial charge on any atom is -0.394 e. The van der Waals surface area contributed by atoms with Gasteiger partial charge in [-0.05, 0) is 19.3 Å². The van der Waals surface area contributed by atoms with Crippen LogP contribution in [0.3, 0.4) is 0 Å². The number of likely N-dealkylation sites (tertiary alicyclic amines) is 1. The van der Waals surface area contributed by atoms with Gasteiger partial charge in [-0.25, -0.2) is 0 Å². The van der Waals surface area contributed by atoms with Crippen molar-refractivity contribution in [2.75, 3.05) is 20.2 Å². The number of amides is 1. The zero-order valence-electron chi connectivity index (χ0n) is 9.92. The summed E-state index contributed by atoms with van der Waals surface area (Å²) in [6, 6.07) is -0.109. The van der Waals surface area contributed by atoms with Crippen molar-refractivity contribution in [3.8, 4) is 0 Å². The highest BCUT2D eigenvalue weighted by molar-refractivity contribution is 5.83. The molecule has 0 aromatic rings. The Kier molecular flexibility index (Phi) is 4.11. The Labute approximate surface area is 91.6 Å². The molecule has 4 heteroatoms. The van der Waals surface area contributed by atoms with Gasteiger partial charge in [0.15, 0.2) is 0 Å². The van der Waals surface area contributed by atoms with E-state index in [1.807, 2.05) is 20.9 Å². The fourth-order valence-electron chi connectivity index (χ4n) is 2.05. The third-order valence-electron chi connectivity index (χ3n) is 3.56. The van der Waals surface area contributed by atoms with Crippen molar-refractivity contribution in [1.29, 1.82) is 0 Å². The fraction of sp³-hybridized carbons (Fsp3) is 0.909. The van der Waals surface area contributed by atoms with Crippen molar-refractivity contribution < 1.29 is 9.90 Å². The van der Waals surface area contributed by atoms with Crippen LogP contribution in [0.15, 0.2) is 0 Å². The molecule has 0 bridgehead atoms. The van der Waals surface area contributed by atoms with E-state index >= 15 is 0 Å². The summed E-state index contributed by atoms with van der Waals surface area (Å²) in [5.74, 6) is 0.148. The quantitative estimate of drug-likeness (QED) is 0.694. The summed E-state index contributed by atoms with van der Waals surface area (Å²) in [6.07, 6.45) is 2.53. The first-order valence-electron chi connectivity index (χ1n) is 5.72. The summed E-state index contributed by atoms with van der Waals surface area (Å²) in [4.78, 5) is 13.5. The van der Waals surface area contributed by atoms with Crippen LogP contribution in [0, 0.1) is 0 Å². The van der Waals surface area contributed by atoms with Crippen LogP contribution in [0.5, 0.6) is 0 Å². The minimum atomic E-state index is -0.286. The maximum atomic E-state index is 11.7. The van der Waals surface area contributed by atoms with Crippen LogP contribution in [0.4, 0.5) is 0 Å². The molecular weight excluding hydrogens is 192 g/mol. The summed E-state index contributed by atoms with van der Waals surface area (Å²) >= 11 is 0. The van der Waals surface area contributed by atoms with Crippen molar-refractivity contribution in [3.05, 3.63) is 0 Å². The molecule has 1 saturated heterocycles. The molecule has 1 amide bonds. The van der Waals surface area contributed by atoms with E-state index in [0.717, 1.165) is 25.8 Å². The lowest BCUT2D eigenvalue weighted by atomic mass is 9.92. The Morgan fingerprint density at radius 1 is 1.53 bits per heavy atom. The van der Waals surface area contributed by atoms with Gasteiger partial charge in [0.05, 0.1) is 12.6 Å². The van der Waals surface area contributed by atoms with Gasteiger partial charge in [0.25, 0.3) is 0 Å². The van der Waals surface area contributed by atoms with Crippen LogP contribution >= 0.6 is 0 Å². The summed E-state index contributed by atoms with van der Waals surface area (Å²) in [5.41, 5.74) is -0.286. The topological polar surface area (TPSA) is 52.6 Å². The van der Waals surface area contributed by atoms with E-state index in [-0.39, 0.29) is 24.1 Å². The number of likely N-dealkylation sites (N-methyl/N-ethyl adjacent to an activating group) is 1. The second-order valence-corrected chi connectivity index (χ2v) is 4.39. The van der Waals surface area contributed by atoms with Crippen LogP contribution in [0.1, 0.15) is 33.1 Å². The van der Waals surface area contributed by atoms with Crippen molar-refractivity contribution >= 4 is 5.91 Å². The Bertz CT molecular complexity index is 218. The molecule has 4 nitrogen and oxygen atoms in total. The third kappa shape index (κ3) is 2.49. The average molecular weight is 214 g/mol. The molecule has 1 unspecified atom stereocenters. The van der Waals surface area contributed by atoms with Gasteiger partial charge < -0.3 is 10.0 Å². The number of carbonyl (C=O) groups is 1. The molecule has 0 saturated carbocycles. The van der Waals surface area contributed by atoms with E-state index < -0.39 is 0 Å². The Hall–Kier alpha value is -0.610. The van der Waals surface area contributed by atoms with Crippen LogP contribution in [-0.4, -0.2) is 47.7 Å². The van der Waals surface area contributed by atoms with Crippen LogP contribution in [0.25, 0.3) is 0 Å². The molecule has 0 aromatic heterocycles. The third-order valence-corrected chi connectivity index (χ3v) is 3.56. The van der Waals surface area contributed by atoms with Gasteiger partial charge in [0.1, 0.15) is 0 Å². The van der Waals surface area contributed by atoms with Gasteiger partial charge in [-0.1, -0.05) is 13.8 Å². The SMILES string of the molecule is CCC(CC)(CO)NC1CCN(C)C1=O. The van der Waals surface area contributed by atoms with Crippen molar-refractivity contribution in [1.82, 2.24) is 10.2 Å². The van der Waals surface area contributed by atoms with Gasteiger partial charge in [0, 0.05) is 19.1 Å². The molecular formula is C11H22N2O2. The lowest BCUT2D eigenvalue weighted by molar-refractivity contribution is -0.128. The monoisotopic (exact) mass is 214 g/mol. The summed E-state index contributed by atoms with van der Waals surface area (Å²) in [6.45, 7) is 4.98. The second kappa shape index (κ2) is 4.94. The van der Waals surface area contributed by atoms with Gasteiger partial charge >= 0.3 is 0 Å². The number of nitrogens with zero attached hydrogens (tertiary/aromatic N) is 1. The molecule has 1 fully saturated rings. The molecule has 0 spiro atoms. The van der Waals surface area contributed by atoms with E-state index in [1.165, 1.54) is 0 Å². The first-order valence-corrected chi connectivity index (χ1v) is 5.72. The van der Waals surface area contributed by atoms with E-state index in [4.69, 9.17) is 0 Å². The molecule has 1 aliphatic heterocycles.